The summed E-state index contributed by atoms with van der Waals surface area (Å²) in [4.78, 5) is 15.1. The number of aromatic hydroxyl groups is 1. The Morgan fingerprint density at radius 1 is 1.12 bits per heavy atom. The normalized spacial score (nSPS) is 15.2. The van der Waals surface area contributed by atoms with Crippen LogP contribution in [-0.2, 0) is 6.54 Å². The Balaban J connectivity index is 1.60. The van der Waals surface area contributed by atoms with E-state index in [1.54, 1.807) is 35.4 Å². The molecule has 32 heavy (non-hydrogen) atoms. The number of ether oxygens (including phenoxy) is 1. The zero-order valence-electron chi connectivity index (χ0n) is 17.6. The van der Waals surface area contributed by atoms with E-state index in [1.807, 2.05) is 36.4 Å². The van der Waals surface area contributed by atoms with Gasteiger partial charge in [-0.3, -0.25) is 9.89 Å². The van der Waals surface area contributed by atoms with Crippen LogP contribution < -0.4 is 4.74 Å². The molecule has 2 aromatic carbocycles. The van der Waals surface area contributed by atoms with Crippen molar-refractivity contribution in [3.8, 4) is 22.8 Å². The van der Waals surface area contributed by atoms with Crippen molar-refractivity contribution in [2.45, 2.75) is 25.9 Å². The van der Waals surface area contributed by atoms with Gasteiger partial charge < -0.3 is 19.2 Å². The van der Waals surface area contributed by atoms with Gasteiger partial charge in [0.15, 0.2) is 0 Å². The van der Waals surface area contributed by atoms with Crippen LogP contribution in [0.4, 0.5) is 0 Å². The Morgan fingerprint density at radius 3 is 2.66 bits per heavy atom. The van der Waals surface area contributed by atoms with Crippen LogP contribution in [0.2, 0.25) is 0 Å². The number of rotatable bonds is 7. The molecule has 0 unspecified atom stereocenters. The summed E-state index contributed by atoms with van der Waals surface area (Å²) in [6, 6.07) is 18.0. The van der Waals surface area contributed by atoms with E-state index >= 15 is 0 Å². The first-order chi connectivity index (χ1) is 15.7. The van der Waals surface area contributed by atoms with Crippen molar-refractivity contribution in [2.75, 3.05) is 6.61 Å². The van der Waals surface area contributed by atoms with E-state index in [-0.39, 0.29) is 11.7 Å². The van der Waals surface area contributed by atoms with Gasteiger partial charge in [-0.1, -0.05) is 31.2 Å². The summed E-state index contributed by atoms with van der Waals surface area (Å²) in [5.41, 5.74) is 3.22. The van der Waals surface area contributed by atoms with E-state index in [0.29, 0.717) is 35.9 Å². The monoisotopic (exact) mass is 429 g/mol. The van der Waals surface area contributed by atoms with E-state index in [9.17, 15) is 9.90 Å². The van der Waals surface area contributed by atoms with Crippen molar-refractivity contribution >= 4 is 5.91 Å². The second kappa shape index (κ2) is 8.26. The molecule has 0 saturated carbocycles. The SMILES string of the molecule is CCCOc1ccc([C@H]2c3c(-c4ccccc4O)n[nH]c3C(=O)N2Cc2ccco2)cc1. The van der Waals surface area contributed by atoms with Crippen molar-refractivity contribution < 1.29 is 19.1 Å². The molecule has 0 spiro atoms. The number of nitrogens with one attached hydrogen (secondary N) is 1. The number of phenols is 1. The van der Waals surface area contributed by atoms with Crippen molar-refractivity contribution in [3.05, 3.63) is 89.5 Å². The highest BCUT2D eigenvalue weighted by Gasteiger charge is 2.42. The molecule has 0 fully saturated rings. The second-order valence-electron chi connectivity index (χ2n) is 7.71. The number of aromatic nitrogens is 2. The van der Waals surface area contributed by atoms with E-state index in [1.165, 1.54) is 0 Å². The Morgan fingerprint density at radius 2 is 1.94 bits per heavy atom. The molecule has 0 radical (unpaired) electrons. The van der Waals surface area contributed by atoms with Crippen LogP contribution in [0.15, 0.2) is 71.3 Å². The Labute approximate surface area is 185 Å². The maximum atomic E-state index is 13.4. The molecule has 0 aliphatic carbocycles. The average Bonchev–Trinajstić information content (AvgIpc) is 3.53. The smallest absolute Gasteiger partial charge is 0.273 e. The van der Waals surface area contributed by atoms with Gasteiger partial charge in [0.25, 0.3) is 5.91 Å². The van der Waals surface area contributed by atoms with Gasteiger partial charge in [-0.05, 0) is 48.4 Å². The van der Waals surface area contributed by atoms with E-state index in [4.69, 9.17) is 9.15 Å². The number of benzene rings is 2. The van der Waals surface area contributed by atoms with Crippen molar-refractivity contribution in [1.29, 1.82) is 0 Å². The Kier molecular flexibility index (Phi) is 5.15. The maximum absolute atomic E-state index is 13.4. The van der Waals surface area contributed by atoms with E-state index in [0.717, 1.165) is 23.3 Å². The fraction of sp³-hybridized carbons (Fsp3) is 0.200. The summed E-state index contributed by atoms with van der Waals surface area (Å²) in [6.07, 6.45) is 2.52. The minimum atomic E-state index is -0.392. The van der Waals surface area contributed by atoms with Crippen LogP contribution in [0, 0.1) is 0 Å². The lowest BCUT2D eigenvalue weighted by atomic mass is 9.95. The summed E-state index contributed by atoms with van der Waals surface area (Å²) in [6.45, 7) is 3.02. The summed E-state index contributed by atoms with van der Waals surface area (Å²) in [5, 5.41) is 17.8. The van der Waals surface area contributed by atoms with E-state index in [2.05, 4.69) is 17.1 Å². The summed E-state index contributed by atoms with van der Waals surface area (Å²) >= 11 is 0. The van der Waals surface area contributed by atoms with Gasteiger partial charge in [0.1, 0.15) is 28.6 Å². The van der Waals surface area contributed by atoms with Crippen LogP contribution in [0.1, 0.15) is 46.8 Å². The fourth-order valence-corrected chi connectivity index (χ4v) is 4.12. The van der Waals surface area contributed by atoms with Crippen LogP contribution in [0.3, 0.4) is 0 Å². The quantitative estimate of drug-likeness (QED) is 0.436. The summed E-state index contributed by atoms with van der Waals surface area (Å²) < 4.78 is 11.2. The van der Waals surface area contributed by atoms with Crippen molar-refractivity contribution in [3.63, 3.8) is 0 Å². The number of furan rings is 1. The first kappa shape index (κ1) is 19.9. The highest BCUT2D eigenvalue weighted by atomic mass is 16.5. The predicted molar refractivity (Wildman–Crippen MR) is 118 cm³/mol. The fourth-order valence-electron chi connectivity index (χ4n) is 4.12. The summed E-state index contributed by atoms with van der Waals surface area (Å²) in [7, 11) is 0. The van der Waals surface area contributed by atoms with Gasteiger partial charge in [0.2, 0.25) is 0 Å². The minimum Gasteiger partial charge on any atom is -0.507 e. The van der Waals surface area contributed by atoms with Crippen LogP contribution in [0.25, 0.3) is 11.3 Å². The predicted octanol–water partition coefficient (Wildman–Crippen LogP) is 4.91. The third-order valence-electron chi connectivity index (χ3n) is 5.60. The molecule has 0 bridgehead atoms. The Bertz CT molecular complexity index is 1230. The van der Waals surface area contributed by atoms with Gasteiger partial charge in [0.05, 0.1) is 25.5 Å². The zero-order valence-corrected chi connectivity index (χ0v) is 17.6. The van der Waals surface area contributed by atoms with Gasteiger partial charge in [0, 0.05) is 11.1 Å². The molecule has 7 nitrogen and oxygen atoms in total. The molecular weight excluding hydrogens is 406 g/mol. The lowest BCUT2D eigenvalue weighted by molar-refractivity contribution is 0.0717. The Hall–Kier alpha value is -4.00. The molecule has 1 atom stereocenters. The number of carbonyl (C=O) groups excluding carboxylic acids is 1. The number of nitrogens with zero attached hydrogens (tertiary/aromatic N) is 2. The lowest BCUT2D eigenvalue weighted by Gasteiger charge is -2.25. The number of hydrogen-bond acceptors (Lipinski definition) is 5. The molecule has 1 aliphatic heterocycles. The number of amides is 1. The molecule has 1 aliphatic rings. The van der Waals surface area contributed by atoms with E-state index < -0.39 is 6.04 Å². The lowest BCUT2D eigenvalue weighted by Crippen LogP contribution is -2.28. The highest BCUT2D eigenvalue weighted by Crippen LogP contribution is 2.45. The third-order valence-corrected chi connectivity index (χ3v) is 5.60. The number of hydrogen-bond donors (Lipinski definition) is 2. The number of para-hydroxylation sites is 1. The maximum Gasteiger partial charge on any atom is 0.273 e. The van der Waals surface area contributed by atoms with Crippen molar-refractivity contribution in [2.24, 2.45) is 0 Å². The molecule has 5 rings (SSSR count). The molecule has 162 valence electrons. The molecule has 2 aromatic heterocycles. The number of H-pyrrole nitrogens is 1. The van der Waals surface area contributed by atoms with Gasteiger partial charge in [-0.15, -0.1) is 0 Å². The van der Waals surface area contributed by atoms with Crippen molar-refractivity contribution in [1.82, 2.24) is 15.1 Å². The van der Waals surface area contributed by atoms with Crippen LogP contribution in [0.5, 0.6) is 11.5 Å². The summed E-state index contributed by atoms with van der Waals surface area (Å²) in [5.74, 6) is 1.42. The molecule has 7 heteroatoms. The topological polar surface area (TPSA) is 91.6 Å². The number of fused-ring (bicyclic) bond motifs is 1. The minimum absolute atomic E-state index is 0.112. The van der Waals surface area contributed by atoms with Gasteiger partial charge in [-0.2, -0.15) is 5.10 Å². The number of phenolic OH excluding ortho intramolecular Hbond substituents is 1. The first-order valence-electron chi connectivity index (χ1n) is 10.6. The molecule has 2 N–H and O–H groups in total. The highest BCUT2D eigenvalue weighted by molar-refractivity contribution is 6.00. The molecule has 3 heterocycles. The molecular formula is C25H23N3O4. The number of aromatic amines is 1. The largest absolute Gasteiger partial charge is 0.507 e. The van der Waals surface area contributed by atoms with Gasteiger partial charge >= 0.3 is 0 Å². The standard InChI is InChI=1S/C25H23N3O4/c1-2-13-31-17-11-9-16(10-12-17)24-21-22(19-7-3-4-8-20(19)29)26-27-23(21)25(30)28(24)15-18-6-5-14-32-18/h3-12,14,24,29H,2,13,15H2,1H3,(H,26,27)/t24-/m0/s1. The van der Waals surface area contributed by atoms with Gasteiger partial charge in [-0.25, -0.2) is 0 Å². The van der Waals surface area contributed by atoms with Crippen LogP contribution >= 0.6 is 0 Å². The first-order valence-corrected chi connectivity index (χ1v) is 10.6. The number of carbonyl (C=O) groups is 1. The third kappa shape index (κ3) is 3.41. The molecule has 1 amide bonds. The average molecular weight is 429 g/mol. The zero-order chi connectivity index (χ0) is 22.1. The second-order valence-corrected chi connectivity index (χ2v) is 7.71. The molecule has 0 saturated heterocycles. The van der Waals surface area contributed by atoms with Crippen LogP contribution in [-0.4, -0.2) is 32.7 Å². The molecule has 4 aromatic rings.